The van der Waals surface area contributed by atoms with E-state index in [1.165, 1.54) is 12.8 Å². The molecule has 2 saturated heterocycles. The van der Waals surface area contributed by atoms with E-state index in [1.807, 2.05) is 6.92 Å². The predicted octanol–water partition coefficient (Wildman–Crippen LogP) is 6.41. The fraction of sp³-hybridized carbons (Fsp3) is 0.963. The second-order valence-corrected chi connectivity index (χ2v) is 11.0. The van der Waals surface area contributed by atoms with Crippen LogP contribution in [0.15, 0.2) is 0 Å². The van der Waals surface area contributed by atoms with Crippen molar-refractivity contribution in [2.75, 3.05) is 27.2 Å². The second kappa shape index (κ2) is 15.3. The van der Waals surface area contributed by atoms with Crippen molar-refractivity contribution >= 4 is 5.84 Å². The van der Waals surface area contributed by atoms with Crippen molar-refractivity contribution in [2.45, 2.75) is 120 Å². The number of nitrogens with one attached hydrogen (secondary N) is 1. The summed E-state index contributed by atoms with van der Waals surface area (Å²) >= 11 is 0. The Hall–Kier alpha value is -0.650. The van der Waals surface area contributed by atoms with Gasteiger partial charge in [0.2, 0.25) is 0 Å². The van der Waals surface area contributed by atoms with E-state index in [1.54, 1.807) is 0 Å². The number of amidine groups is 1. The molecule has 2 rings (SSSR count). The molecule has 0 saturated carbocycles. The summed E-state index contributed by atoms with van der Waals surface area (Å²) in [7, 11) is 4.37. The smallest absolute Gasteiger partial charge is 0.0927 e. The van der Waals surface area contributed by atoms with Gasteiger partial charge in [-0.1, -0.05) is 70.2 Å². The highest BCUT2D eigenvalue weighted by Gasteiger charge is 2.33. The first-order valence-electron chi connectivity index (χ1n) is 12.1. The Morgan fingerprint density at radius 1 is 0.719 bits per heavy atom. The fourth-order valence-electron chi connectivity index (χ4n) is 4.08. The third-order valence-electron chi connectivity index (χ3n) is 6.69. The van der Waals surface area contributed by atoms with E-state index in [0.29, 0.717) is 47.8 Å². The van der Waals surface area contributed by atoms with Crippen LogP contribution in [0.1, 0.15) is 90.0 Å². The fourth-order valence-corrected chi connectivity index (χ4v) is 4.08. The van der Waals surface area contributed by atoms with Gasteiger partial charge in [-0.2, -0.15) is 0 Å². The normalized spacial score (nSPS) is 28.4. The molecule has 0 bridgehead atoms. The molecule has 0 radical (unpaired) electrons. The summed E-state index contributed by atoms with van der Waals surface area (Å²) in [6.45, 7) is 21.4. The number of hydrogen-bond acceptors (Lipinski definition) is 4. The molecule has 2 fully saturated rings. The van der Waals surface area contributed by atoms with E-state index in [-0.39, 0.29) is 27.1 Å². The minimum Gasteiger partial charge on any atom is -0.374 e. The molecule has 4 atom stereocenters. The van der Waals surface area contributed by atoms with Crippen LogP contribution in [0.2, 0.25) is 0 Å². The molecule has 0 aromatic carbocycles. The van der Waals surface area contributed by atoms with E-state index < -0.39 is 0 Å². The van der Waals surface area contributed by atoms with Crippen LogP contribution in [0.3, 0.4) is 0 Å². The van der Waals surface area contributed by atoms with E-state index in [9.17, 15) is 0 Å². The Morgan fingerprint density at radius 2 is 1.03 bits per heavy atom. The molecule has 0 amide bonds. The minimum absolute atomic E-state index is 0. The molecule has 2 heterocycles. The number of morpholine rings is 1. The molecule has 2 aliphatic rings. The SMILES string of the molecule is C.C.CC(=N)N1C[C@@H](C(C)C)O[C@@H](C(C)C)C1.CC(C)[C@H]1CC(N(C)C)C[C@H](C(C)C)O1. The first kappa shape index (κ1) is 33.5. The topological polar surface area (TPSA) is 48.8 Å². The van der Waals surface area contributed by atoms with Crippen LogP contribution in [0.25, 0.3) is 0 Å². The Bertz CT molecular complexity index is 450. The average Bonchev–Trinajstić information content (AvgIpc) is 2.67. The minimum atomic E-state index is 0. The number of hydrogen-bond donors (Lipinski definition) is 1. The van der Waals surface area contributed by atoms with Gasteiger partial charge in [0.1, 0.15) is 0 Å². The molecule has 5 heteroatoms. The van der Waals surface area contributed by atoms with Gasteiger partial charge in [0.15, 0.2) is 0 Å². The lowest BCUT2D eigenvalue weighted by Gasteiger charge is -2.42. The van der Waals surface area contributed by atoms with Gasteiger partial charge in [0.25, 0.3) is 0 Å². The van der Waals surface area contributed by atoms with Gasteiger partial charge in [0.05, 0.1) is 30.3 Å². The summed E-state index contributed by atoms with van der Waals surface area (Å²) in [5.74, 6) is 2.97. The van der Waals surface area contributed by atoms with Crippen molar-refractivity contribution in [3.8, 4) is 0 Å². The van der Waals surface area contributed by atoms with Crippen LogP contribution >= 0.6 is 0 Å². The third-order valence-corrected chi connectivity index (χ3v) is 6.69. The monoisotopic (exact) mass is 457 g/mol. The molecule has 32 heavy (non-hydrogen) atoms. The molecular formula is C27H59N3O2. The van der Waals surface area contributed by atoms with Crippen molar-refractivity contribution in [1.29, 1.82) is 5.41 Å². The first-order valence-corrected chi connectivity index (χ1v) is 12.1. The quantitative estimate of drug-likeness (QED) is 0.382. The maximum atomic E-state index is 7.72. The van der Waals surface area contributed by atoms with Crippen LogP contribution in [0.4, 0.5) is 0 Å². The number of nitrogens with zero attached hydrogens (tertiary/aromatic N) is 2. The van der Waals surface area contributed by atoms with E-state index in [4.69, 9.17) is 14.9 Å². The van der Waals surface area contributed by atoms with Crippen molar-refractivity contribution in [1.82, 2.24) is 9.80 Å². The maximum absolute atomic E-state index is 7.72. The Kier molecular flexibility index (Phi) is 16.0. The zero-order valence-corrected chi connectivity index (χ0v) is 21.7. The largest absolute Gasteiger partial charge is 0.374 e. The highest BCUT2D eigenvalue weighted by molar-refractivity contribution is 5.76. The van der Waals surface area contributed by atoms with Crippen molar-refractivity contribution in [3.63, 3.8) is 0 Å². The summed E-state index contributed by atoms with van der Waals surface area (Å²) in [5, 5.41) is 7.72. The zero-order valence-electron chi connectivity index (χ0n) is 21.7. The summed E-state index contributed by atoms with van der Waals surface area (Å²) in [4.78, 5) is 4.49. The van der Waals surface area contributed by atoms with Gasteiger partial charge in [-0.15, -0.1) is 0 Å². The van der Waals surface area contributed by atoms with Crippen LogP contribution < -0.4 is 0 Å². The van der Waals surface area contributed by atoms with Crippen molar-refractivity contribution < 1.29 is 9.47 Å². The van der Waals surface area contributed by atoms with E-state index in [2.05, 4.69) is 79.3 Å². The lowest BCUT2D eigenvalue weighted by Crippen LogP contribution is -2.52. The van der Waals surface area contributed by atoms with Gasteiger partial charge in [-0.25, -0.2) is 0 Å². The third kappa shape index (κ3) is 10.5. The molecule has 0 aromatic rings. The van der Waals surface area contributed by atoms with Crippen LogP contribution in [-0.2, 0) is 9.47 Å². The van der Waals surface area contributed by atoms with Gasteiger partial charge < -0.3 is 19.3 Å². The Balaban J connectivity index is 0. The van der Waals surface area contributed by atoms with E-state index in [0.717, 1.165) is 13.1 Å². The Labute approximate surface area is 202 Å². The lowest BCUT2D eigenvalue weighted by atomic mass is 9.88. The lowest BCUT2D eigenvalue weighted by molar-refractivity contribution is -0.111. The molecule has 1 N–H and O–H groups in total. The standard InChI is InChI=1S/C13H27NO.C12H24N2O.2CH4/c1-9(2)12-7-11(14(5)6)8-13(15-12)10(3)4;1-8(2)11-6-14(10(5)13)7-12(15-11)9(3)4;;/h9-13H,7-8H2,1-6H3;8-9,11-13H,6-7H2,1-5H3;2*1H4/t12-,13-;11-,12+;;/m1.../s1. The molecule has 0 unspecified atom stereocenters. The van der Waals surface area contributed by atoms with Gasteiger partial charge >= 0.3 is 0 Å². The molecule has 2 aliphatic heterocycles. The van der Waals surface area contributed by atoms with Gasteiger partial charge in [0, 0.05) is 19.1 Å². The number of ether oxygens (including phenoxy) is 2. The highest BCUT2D eigenvalue weighted by Crippen LogP contribution is 2.30. The molecule has 0 aliphatic carbocycles. The van der Waals surface area contributed by atoms with Gasteiger partial charge in [-0.3, -0.25) is 5.41 Å². The summed E-state index contributed by atoms with van der Waals surface area (Å²) in [5.41, 5.74) is 0. The summed E-state index contributed by atoms with van der Waals surface area (Å²) < 4.78 is 12.2. The van der Waals surface area contributed by atoms with Gasteiger partial charge in [-0.05, 0) is 57.5 Å². The molecule has 5 nitrogen and oxygen atoms in total. The van der Waals surface area contributed by atoms with Crippen molar-refractivity contribution in [2.24, 2.45) is 23.7 Å². The maximum Gasteiger partial charge on any atom is 0.0927 e. The van der Waals surface area contributed by atoms with Crippen LogP contribution in [0.5, 0.6) is 0 Å². The predicted molar refractivity (Wildman–Crippen MR) is 142 cm³/mol. The van der Waals surface area contributed by atoms with Crippen LogP contribution in [0, 0.1) is 29.1 Å². The van der Waals surface area contributed by atoms with E-state index >= 15 is 0 Å². The first-order chi connectivity index (χ1) is 13.8. The number of rotatable bonds is 5. The summed E-state index contributed by atoms with van der Waals surface area (Å²) in [6, 6.07) is 0.693. The van der Waals surface area contributed by atoms with Crippen LogP contribution in [-0.4, -0.2) is 73.3 Å². The highest BCUT2D eigenvalue weighted by atomic mass is 16.5. The molecule has 0 aromatic heterocycles. The molecular weight excluding hydrogens is 398 g/mol. The molecule has 0 spiro atoms. The second-order valence-electron chi connectivity index (χ2n) is 11.0. The summed E-state index contributed by atoms with van der Waals surface area (Å²) in [6.07, 6.45) is 3.80. The molecule has 194 valence electrons. The Morgan fingerprint density at radius 3 is 1.28 bits per heavy atom. The van der Waals surface area contributed by atoms with Crippen molar-refractivity contribution in [3.05, 3.63) is 0 Å². The average molecular weight is 458 g/mol. The zero-order chi connectivity index (χ0) is 23.2.